The van der Waals surface area contributed by atoms with Crippen molar-refractivity contribution in [3.05, 3.63) is 60.2 Å². The first-order valence-electron chi connectivity index (χ1n) is 8.92. The third kappa shape index (κ3) is 4.43. The number of rotatable bonds is 8. The van der Waals surface area contributed by atoms with E-state index >= 15 is 0 Å². The molecule has 0 spiro atoms. The Morgan fingerprint density at radius 2 is 1.54 bits per heavy atom. The lowest BCUT2D eigenvalue weighted by Crippen LogP contribution is -2.34. The normalized spacial score (nSPS) is 11.4. The van der Waals surface area contributed by atoms with E-state index in [0.29, 0.717) is 17.8 Å². The highest BCUT2D eigenvalue weighted by Crippen LogP contribution is 2.23. The van der Waals surface area contributed by atoms with Crippen molar-refractivity contribution >= 4 is 21.6 Å². The Morgan fingerprint density at radius 3 is 2.04 bits per heavy atom. The first kappa shape index (κ1) is 20.0. The van der Waals surface area contributed by atoms with Gasteiger partial charge in [0.15, 0.2) is 0 Å². The molecule has 0 saturated heterocycles. The molecule has 6 heteroatoms. The van der Waals surface area contributed by atoms with Crippen LogP contribution in [-0.4, -0.2) is 26.9 Å². The average Bonchev–Trinajstić information content (AvgIpc) is 2.67. The molecule has 0 radical (unpaired) electrons. The third-order valence-electron chi connectivity index (χ3n) is 4.36. The van der Waals surface area contributed by atoms with E-state index in [1.165, 1.54) is 4.31 Å². The van der Waals surface area contributed by atoms with Crippen LogP contribution in [0.25, 0.3) is 0 Å². The molecule has 0 unspecified atom stereocenters. The van der Waals surface area contributed by atoms with Gasteiger partial charge in [-0.1, -0.05) is 32.0 Å². The summed E-state index contributed by atoms with van der Waals surface area (Å²) in [6.45, 7) is 6.15. The highest BCUT2D eigenvalue weighted by atomic mass is 32.2. The number of nitrogens with one attached hydrogen (secondary N) is 1. The molecule has 140 valence electrons. The molecule has 0 aliphatic carbocycles. The molecule has 2 rings (SSSR count). The van der Waals surface area contributed by atoms with Gasteiger partial charge in [0, 0.05) is 18.2 Å². The number of amides is 1. The maximum Gasteiger partial charge on any atom is 0.264 e. The van der Waals surface area contributed by atoms with Crippen LogP contribution in [-0.2, 0) is 10.0 Å². The summed E-state index contributed by atoms with van der Waals surface area (Å²) in [5.74, 6) is -0.140. The van der Waals surface area contributed by atoms with Gasteiger partial charge in [-0.15, -0.1) is 0 Å². The Bertz CT molecular complexity index is 814. The molecule has 0 aliphatic rings. The Balaban J connectivity index is 2.24. The highest BCUT2D eigenvalue weighted by molar-refractivity contribution is 7.92. The molecule has 0 fully saturated rings. The molecular weight excluding hydrogens is 348 g/mol. The standard InChI is InChI=1S/C20H26N2O3S/c1-4-17(5-2)21-20(23)16-12-14-18(15-13-16)22(6-3)26(24,25)19-10-8-7-9-11-19/h7-15,17H,4-6H2,1-3H3,(H,21,23). The number of hydrogen-bond acceptors (Lipinski definition) is 3. The van der Waals surface area contributed by atoms with Gasteiger partial charge in [0.05, 0.1) is 10.6 Å². The van der Waals surface area contributed by atoms with Crippen molar-refractivity contribution < 1.29 is 13.2 Å². The Kier molecular flexibility index (Phi) is 6.80. The molecule has 2 aromatic rings. The monoisotopic (exact) mass is 374 g/mol. The maximum absolute atomic E-state index is 12.9. The second-order valence-corrected chi connectivity index (χ2v) is 7.88. The summed E-state index contributed by atoms with van der Waals surface area (Å²) in [6.07, 6.45) is 1.75. The average molecular weight is 375 g/mol. The van der Waals surface area contributed by atoms with Crippen molar-refractivity contribution in [3.8, 4) is 0 Å². The summed E-state index contributed by atoms with van der Waals surface area (Å²) in [4.78, 5) is 12.5. The van der Waals surface area contributed by atoms with Gasteiger partial charge < -0.3 is 5.32 Å². The lowest BCUT2D eigenvalue weighted by molar-refractivity contribution is 0.0935. The third-order valence-corrected chi connectivity index (χ3v) is 6.27. The fourth-order valence-electron chi connectivity index (χ4n) is 2.75. The fourth-order valence-corrected chi connectivity index (χ4v) is 4.25. The predicted molar refractivity (Wildman–Crippen MR) is 105 cm³/mol. The van der Waals surface area contributed by atoms with Crippen LogP contribution in [0.1, 0.15) is 44.0 Å². The molecule has 0 atom stereocenters. The molecule has 0 aromatic heterocycles. The number of hydrogen-bond donors (Lipinski definition) is 1. The zero-order chi connectivity index (χ0) is 19.2. The topological polar surface area (TPSA) is 66.5 Å². The number of sulfonamides is 1. The van der Waals surface area contributed by atoms with E-state index in [2.05, 4.69) is 5.32 Å². The van der Waals surface area contributed by atoms with E-state index < -0.39 is 10.0 Å². The lowest BCUT2D eigenvalue weighted by atomic mass is 10.1. The van der Waals surface area contributed by atoms with Gasteiger partial charge in [0.25, 0.3) is 15.9 Å². The van der Waals surface area contributed by atoms with Crippen LogP contribution in [0.4, 0.5) is 5.69 Å². The Hall–Kier alpha value is -2.34. The molecule has 0 bridgehead atoms. The van der Waals surface area contributed by atoms with E-state index in [-0.39, 0.29) is 16.8 Å². The van der Waals surface area contributed by atoms with Crippen molar-refractivity contribution in [1.29, 1.82) is 0 Å². The van der Waals surface area contributed by atoms with Crippen LogP contribution in [0.5, 0.6) is 0 Å². The summed E-state index contributed by atoms with van der Waals surface area (Å²) in [5, 5.41) is 2.98. The smallest absolute Gasteiger partial charge is 0.264 e. The largest absolute Gasteiger partial charge is 0.349 e. The van der Waals surface area contributed by atoms with Gasteiger partial charge in [0.2, 0.25) is 0 Å². The summed E-state index contributed by atoms with van der Waals surface area (Å²) in [7, 11) is -3.63. The number of anilines is 1. The first-order valence-corrected chi connectivity index (χ1v) is 10.4. The van der Waals surface area contributed by atoms with Crippen LogP contribution in [0, 0.1) is 0 Å². The molecule has 0 saturated carbocycles. The maximum atomic E-state index is 12.9. The molecule has 1 amide bonds. The molecule has 5 nitrogen and oxygen atoms in total. The van der Waals surface area contributed by atoms with Crippen molar-refractivity contribution in [3.63, 3.8) is 0 Å². The van der Waals surface area contributed by atoms with E-state index in [0.717, 1.165) is 12.8 Å². The zero-order valence-corrected chi connectivity index (χ0v) is 16.3. The van der Waals surface area contributed by atoms with Gasteiger partial charge in [-0.3, -0.25) is 9.10 Å². The van der Waals surface area contributed by atoms with E-state index in [1.54, 1.807) is 61.5 Å². The van der Waals surface area contributed by atoms with Crippen LogP contribution in [0.15, 0.2) is 59.5 Å². The van der Waals surface area contributed by atoms with Gasteiger partial charge in [0.1, 0.15) is 0 Å². The van der Waals surface area contributed by atoms with Crippen LogP contribution < -0.4 is 9.62 Å². The van der Waals surface area contributed by atoms with Gasteiger partial charge in [-0.05, 0) is 56.2 Å². The molecule has 2 aromatic carbocycles. The second kappa shape index (κ2) is 8.85. The van der Waals surface area contributed by atoms with E-state index in [4.69, 9.17) is 0 Å². The van der Waals surface area contributed by atoms with Gasteiger partial charge >= 0.3 is 0 Å². The predicted octanol–water partition coefficient (Wildman–Crippen LogP) is 3.82. The van der Waals surface area contributed by atoms with Crippen molar-refractivity contribution in [1.82, 2.24) is 5.32 Å². The van der Waals surface area contributed by atoms with Crippen LogP contribution in [0.2, 0.25) is 0 Å². The fraction of sp³-hybridized carbons (Fsp3) is 0.350. The summed E-state index contributed by atoms with van der Waals surface area (Å²) >= 11 is 0. The number of carbonyl (C=O) groups excluding carboxylic acids is 1. The molecule has 26 heavy (non-hydrogen) atoms. The summed E-state index contributed by atoms with van der Waals surface area (Å²) in [5.41, 5.74) is 1.06. The summed E-state index contributed by atoms with van der Waals surface area (Å²) < 4.78 is 27.0. The minimum atomic E-state index is -3.63. The summed E-state index contributed by atoms with van der Waals surface area (Å²) in [6, 6.07) is 15.2. The van der Waals surface area contributed by atoms with Crippen molar-refractivity contribution in [2.45, 2.75) is 44.6 Å². The quantitative estimate of drug-likeness (QED) is 0.764. The highest BCUT2D eigenvalue weighted by Gasteiger charge is 2.23. The van der Waals surface area contributed by atoms with Gasteiger partial charge in [-0.25, -0.2) is 8.42 Å². The minimum absolute atomic E-state index is 0.140. The van der Waals surface area contributed by atoms with Crippen molar-refractivity contribution in [2.24, 2.45) is 0 Å². The Labute approximate surface area is 156 Å². The SMILES string of the molecule is CCC(CC)NC(=O)c1ccc(N(CC)S(=O)(=O)c2ccccc2)cc1. The lowest BCUT2D eigenvalue weighted by Gasteiger charge is -2.23. The molecule has 1 N–H and O–H groups in total. The minimum Gasteiger partial charge on any atom is -0.349 e. The zero-order valence-electron chi connectivity index (χ0n) is 15.5. The number of nitrogens with zero attached hydrogens (tertiary/aromatic N) is 1. The van der Waals surface area contributed by atoms with Crippen LogP contribution >= 0.6 is 0 Å². The number of benzene rings is 2. The van der Waals surface area contributed by atoms with E-state index in [9.17, 15) is 13.2 Å². The Morgan fingerprint density at radius 1 is 0.962 bits per heavy atom. The number of carbonyl (C=O) groups is 1. The molecular formula is C20H26N2O3S. The van der Waals surface area contributed by atoms with Gasteiger partial charge in [-0.2, -0.15) is 0 Å². The van der Waals surface area contributed by atoms with Crippen molar-refractivity contribution in [2.75, 3.05) is 10.8 Å². The molecule has 0 heterocycles. The second-order valence-electron chi connectivity index (χ2n) is 6.02. The van der Waals surface area contributed by atoms with E-state index in [1.807, 2.05) is 13.8 Å². The first-order chi connectivity index (χ1) is 12.4. The van der Waals surface area contributed by atoms with Crippen LogP contribution in [0.3, 0.4) is 0 Å². The molecule has 0 aliphatic heterocycles.